The molecule has 10 heteroatoms. The Bertz CT molecular complexity index is 1300. The third kappa shape index (κ3) is 5.36. The van der Waals surface area contributed by atoms with Crippen molar-refractivity contribution >= 4 is 27.8 Å². The molecule has 34 heavy (non-hydrogen) atoms. The van der Waals surface area contributed by atoms with E-state index in [1.165, 1.54) is 35.6 Å². The van der Waals surface area contributed by atoms with E-state index in [0.29, 0.717) is 18.1 Å². The molecule has 1 aromatic heterocycles. The first-order valence-corrected chi connectivity index (χ1v) is 11.1. The highest BCUT2D eigenvalue weighted by molar-refractivity contribution is 7.16. The average molecular weight is 477 g/mol. The van der Waals surface area contributed by atoms with E-state index < -0.39 is 9.85 Å². The number of ether oxygens (including phenoxy) is 1. The van der Waals surface area contributed by atoms with Gasteiger partial charge in [-0.2, -0.15) is 0 Å². The quantitative estimate of drug-likeness (QED) is 0.238. The molecular weight excluding hydrogens is 456 g/mol. The lowest BCUT2D eigenvalue weighted by Gasteiger charge is -2.05. The molecule has 3 aromatic carbocycles. The van der Waals surface area contributed by atoms with Crippen molar-refractivity contribution in [3.63, 3.8) is 0 Å². The minimum Gasteiger partial charge on any atom is -0.497 e. The summed E-state index contributed by atoms with van der Waals surface area (Å²) < 4.78 is 5.25. The van der Waals surface area contributed by atoms with Gasteiger partial charge in [0.1, 0.15) is 5.75 Å². The largest absolute Gasteiger partial charge is 0.497 e. The number of nitrogens with one attached hydrogen (secondary N) is 1. The van der Waals surface area contributed by atoms with E-state index in [2.05, 4.69) is 5.32 Å². The van der Waals surface area contributed by atoms with Gasteiger partial charge in [-0.1, -0.05) is 24.3 Å². The van der Waals surface area contributed by atoms with Crippen LogP contribution in [-0.2, 0) is 13.0 Å². The zero-order valence-electron chi connectivity index (χ0n) is 18.1. The number of methoxy groups -OCH3 is 1. The fourth-order valence-electron chi connectivity index (χ4n) is 3.36. The lowest BCUT2D eigenvalue weighted by atomic mass is 10.1. The zero-order valence-corrected chi connectivity index (χ0v) is 19.0. The van der Waals surface area contributed by atoms with Crippen LogP contribution in [0.3, 0.4) is 0 Å². The fourth-order valence-corrected chi connectivity index (χ4v) is 4.37. The molecule has 0 bridgehead atoms. The number of nitrogens with zero attached hydrogens (tertiary/aromatic N) is 3. The van der Waals surface area contributed by atoms with Gasteiger partial charge in [0.05, 0.1) is 22.7 Å². The third-order valence-electron chi connectivity index (χ3n) is 5.16. The van der Waals surface area contributed by atoms with Crippen molar-refractivity contribution in [3.05, 3.63) is 109 Å². The van der Waals surface area contributed by atoms with Gasteiger partial charge >= 0.3 is 0 Å². The van der Waals surface area contributed by atoms with Crippen molar-refractivity contribution in [1.82, 2.24) is 4.98 Å². The van der Waals surface area contributed by atoms with Crippen molar-refractivity contribution in [2.24, 2.45) is 0 Å². The second kappa shape index (κ2) is 10.1. The van der Waals surface area contributed by atoms with Gasteiger partial charge in [0.2, 0.25) is 0 Å². The summed E-state index contributed by atoms with van der Waals surface area (Å²) >= 11 is 1.50. The maximum absolute atomic E-state index is 11.0. The number of hydrogen-bond acceptors (Lipinski definition) is 8. The van der Waals surface area contributed by atoms with E-state index in [-0.39, 0.29) is 11.4 Å². The molecule has 172 valence electrons. The molecule has 9 nitrogen and oxygen atoms in total. The summed E-state index contributed by atoms with van der Waals surface area (Å²) in [7, 11) is 1.61. The molecule has 0 atom stereocenters. The van der Waals surface area contributed by atoms with E-state index in [0.717, 1.165) is 33.0 Å². The summed E-state index contributed by atoms with van der Waals surface area (Å²) in [5, 5.41) is 25.8. The molecule has 0 spiro atoms. The second-order valence-corrected chi connectivity index (χ2v) is 8.48. The number of thiazole rings is 1. The van der Waals surface area contributed by atoms with Crippen LogP contribution in [0.1, 0.15) is 16.0 Å². The summed E-state index contributed by atoms with van der Waals surface area (Å²) in [6.45, 7) is 0.463. The van der Waals surface area contributed by atoms with Crippen molar-refractivity contribution in [2.45, 2.75) is 13.0 Å². The Labute approximate surface area is 199 Å². The van der Waals surface area contributed by atoms with Gasteiger partial charge in [0.25, 0.3) is 11.4 Å². The zero-order chi connectivity index (χ0) is 24.1. The third-order valence-corrected chi connectivity index (χ3v) is 6.18. The van der Waals surface area contributed by atoms with Gasteiger partial charge in [-0.05, 0) is 35.4 Å². The van der Waals surface area contributed by atoms with Crippen LogP contribution in [0.4, 0.5) is 16.5 Å². The van der Waals surface area contributed by atoms with E-state index >= 15 is 0 Å². The number of non-ortho nitro benzene ring substituents is 2. The molecule has 4 rings (SSSR count). The minimum absolute atomic E-state index is 0.0465. The van der Waals surface area contributed by atoms with E-state index in [4.69, 9.17) is 9.72 Å². The van der Waals surface area contributed by atoms with E-state index in [9.17, 15) is 20.2 Å². The lowest BCUT2D eigenvalue weighted by molar-refractivity contribution is -0.385. The SMILES string of the molecule is COc1ccc(-c2nc(NCc3ccc([N+](=O)[O-])cc3)sc2Cc2ccc([N+](=O)[O-])cc2)cc1. The standard InChI is InChI=1S/C24H20N4O5S/c1-33-21-12-6-18(7-13-21)23-22(14-16-2-8-19(9-3-16)27(29)30)34-24(26-23)25-15-17-4-10-20(11-5-17)28(31)32/h2-13H,14-15H2,1H3,(H,25,26). The van der Waals surface area contributed by atoms with Crippen molar-refractivity contribution in [1.29, 1.82) is 0 Å². The first kappa shape index (κ1) is 22.9. The molecule has 0 saturated heterocycles. The molecule has 0 aliphatic carbocycles. The normalized spacial score (nSPS) is 10.6. The minimum atomic E-state index is -0.427. The number of anilines is 1. The molecule has 4 aromatic rings. The van der Waals surface area contributed by atoms with Crippen molar-refractivity contribution < 1.29 is 14.6 Å². The van der Waals surface area contributed by atoms with Crippen LogP contribution in [0, 0.1) is 20.2 Å². The van der Waals surface area contributed by atoms with Gasteiger partial charge < -0.3 is 10.1 Å². The van der Waals surface area contributed by atoms with Crippen molar-refractivity contribution in [3.8, 4) is 17.0 Å². The average Bonchev–Trinajstić information content (AvgIpc) is 3.26. The molecule has 0 unspecified atom stereocenters. The number of nitro groups is 2. The predicted octanol–water partition coefficient (Wildman–Crippen LogP) is 5.84. The molecule has 1 N–H and O–H groups in total. The molecule has 0 aliphatic rings. The van der Waals surface area contributed by atoms with Gasteiger partial charge in [0.15, 0.2) is 5.13 Å². The summed E-state index contributed by atoms with van der Waals surface area (Å²) in [4.78, 5) is 26.8. The first-order valence-electron chi connectivity index (χ1n) is 10.3. The number of rotatable bonds is 9. The highest BCUT2D eigenvalue weighted by Gasteiger charge is 2.15. The van der Waals surface area contributed by atoms with Crippen LogP contribution >= 0.6 is 11.3 Å². The van der Waals surface area contributed by atoms with E-state index in [1.807, 2.05) is 24.3 Å². The number of hydrogen-bond donors (Lipinski definition) is 1. The molecule has 1 heterocycles. The summed E-state index contributed by atoms with van der Waals surface area (Å²) in [5.74, 6) is 0.743. The number of benzene rings is 3. The van der Waals surface area contributed by atoms with Crippen LogP contribution in [0.25, 0.3) is 11.3 Å². The Balaban J connectivity index is 1.58. The molecule has 0 radical (unpaired) electrons. The Morgan fingerprint density at radius 3 is 1.94 bits per heavy atom. The molecule has 0 saturated carbocycles. The maximum Gasteiger partial charge on any atom is 0.269 e. The predicted molar refractivity (Wildman–Crippen MR) is 130 cm³/mol. The topological polar surface area (TPSA) is 120 Å². The number of nitro benzene ring substituents is 2. The second-order valence-electron chi connectivity index (χ2n) is 7.40. The Hall–Kier alpha value is -4.31. The highest BCUT2D eigenvalue weighted by Crippen LogP contribution is 2.34. The van der Waals surface area contributed by atoms with Crippen LogP contribution in [-0.4, -0.2) is 21.9 Å². The van der Waals surface area contributed by atoms with Crippen molar-refractivity contribution in [2.75, 3.05) is 12.4 Å². The first-order chi connectivity index (χ1) is 16.4. The Morgan fingerprint density at radius 2 is 1.41 bits per heavy atom. The lowest BCUT2D eigenvalue weighted by Crippen LogP contribution is -1.99. The van der Waals surface area contributed by atoms with Gasteiger partial charge in [-0.3, -0.25) is 20.2 Å². The van der Waals surface area contributed by atoms with Gasteiger partial charge in [-0.15, -0.1) is 11.3 Å². The van der Waals surface area contributed by atoms with Crippen LogP contribution in [0.5, 0.6) is 5.75 Å². The van der Waals surface area contributed by atoms with Gasteiger partial charge in [-0.25, -0.2) is 4.98 Å². The van der Waals surface area contributed by atoms with Gasteiger partial charge in [0, 0.05) is 47.7 Å². The molecule has 0 fully saturated rings. The van der Waals surface area contributed by atoms with Crippen LogP contribution < -0.4 is 10.1 Å². The Morgan fingerprint density at radius 1 is 0.853 bits per heavy atom. The molecular formula is C24H20N4O5S. The smallest absolute Gasteiger partial charge is 0.269 e. The van der Waals surface area contributed by atoms with E-state index in [1.54, 1.807) is 31.4 Å². The summed E-state index contributed by atoms with van der Waals surface area (Å²) in [6.07, 6.45) is 0.566. The summed E-state index contributed by atoms with van der Waals surface area (Å²) in [6, 6.07) is 20.5. The van der Waals surface area contributed by atoms with Crippen LogP contribution in [0.2, 0.25) is 0 Å². The van der Waals surface area contributed by atoms with Crippen LogP contribution in [0.15, 0.2) is 72.8 Å². The Kier molecular flexibility index (Phi) is 6.79. The fraction of sp³-hybridized carbons (Fsp3) is 0.125. The molecule has 0 aliphatic heterocycles. The monoisotopic (exact) mass is 476 g/mol. The summed E-state index contributed by atoms with van der Waals surface area (Å²) in [5.41, 5.74) is 3.67. The maximum atomic E-state index is 11.0. The molecule has 0 amide bonds. The highest BCUT2D eigenvalue weighted by atomic mass is 32.1. The number of aromatic nitrogens is 1.